The van der Waals surface area contributed by atoms with E-state index in [4.69, 9.17) is 23.7 Å². The van der Waals surface area contributed by atoms with E-state index in [9.17, 15) is 14.7 Å². The molecule has 1 aliphatic heterocycles. The predicted octanol–water partition coefficient (Wildman–Crippen LogP) is 2.35. The molecular weight excluding hydrogens is 492 g/mol. The number of aryl methyl sites for hydroxylation is 1. The van der Waals surface area contributed by atoms with Crippen LogP contribution < -0.4 is 11.2 Å². The Labute approximate surface area is 220 Å². The number of hydrogen-bond acceptors (Lipinski definition) is 8. The molecule has 2 heterocycles. The van der Waals surface area contributed by atoms with Crippen molar-refractivity contribution in [3.05, 3.63) is 104 Å². The summed E-state index contributed by atoms with van der Waals surface area (Å²) in [7, 11) is 1.51. The third-order valence-electron chi connectivity index (χ3n) is 6.52. The van der Waals surface area contributed by atoms with Gasteiger partial charge in [-0.3, -0.25) is 9.36 Å². The molecule has 1 aromatic heterocycles. The molecule has 0 bridgehead atoms. The van der Waals surface area contributed by atoms with Crippen molar-refractivity contribution in [2.45, 2.75) is 51.2 Å². The molecule has 1 N–H and O–H groups in total. The van der Waals surface area contributed by atoms with Crippen molar-refractivity contribution >= 4 is 0 Å². The molecular formula is C28H34N2O8. The largest absolute Gasteiger partial charge is 0.394 e. The molecule has 2 aromatic carbocycles. The summed E-state index contributed by atoms with van der Waals surface area (Å²) >= 11 is 0. The first-order chi connectivity index (χ1) is 18.5. The Balaban J connectivity index is 1.58. The quantitative estimate of drug-likeness (QED) is 0.267. The first kappa shape index (κ1) is 27.9. The fourth-order valence-corrected chi connectivity index (χ4v) is 4.51. The topological polar surface area (TPSA) is 110 Å². The molecule has 3 unspecified atom stereocenters. The summed E-state index contributed by atoms with van der Waals surface area (Å²) in [6.07, 6.45) is 0.0917. The normalized spacial score (nSPS) is 21.1. The maximum absolute atomic E-state index is 13.4. The van der Waals surface area contributed by atoms with Crippen LogP contribution in [0.4, 0.5) is 0 Å². The molecule has 4 rings (SSSR count). The van der Waals surface area contributed by atoms with Crippen LogP contribution in [0, 0.1) is 6.92 Å². The van der Waals surface area contributed by atoms with E-state index in [0.29, 0.717) is 5.56 Å². The Kier molecular flexibility index (Phi) is 9.62. The number of benzene rings is 2. The van der Waals surface area contributed by atoms with Crippen LogP contribution >= 0.6 is 0 Å². The average molecular weight is 527 g/mol. The second kappa shape index (κ2) is 13.1. The van der Waals surface area contributed by atoms with Gasteiger partial charge >= 0.3 is 5.69 Å². The van der Waals surface area contributed by atoms with Crippen molar-refractivity contribution in [3.8, 4) is 0 Å². The number of aliphatic hydroxyl groups is 1. The monoisotopic (exact) mass is 526 g/mol. The Morgan fingerprint density at radius 2 is 1.66 bits per heavy atom. The van der Waals surface area contributed by atoms with Crippen LogP contribution in [-0.4, -0.2) is 53.1 Å². The van der Waals surface area contributed by atoms with Crippen molar-refractivity contribution in [1.29, 1.82) is 0 Å². The zero-order valence-corrected chi connectivity index (χ0v) is 21.7. The van der Waals surface area contributed by atoms with Crippen LogP contribution in [0.2, 0.25) is 0 Å². The molecule has 1 aliphatic rings. The van der Waals surface area contributed by atoms with Crippen molar-refractivity contribution < 1.29 is 28.8 Å². The second-order valence-electron chi connectivity index (χ2n) is 9.26. The van der Waals surface area contributed by atoms with Gasteiger partial charge in [0.05, 0.1) is 26.4 Å². The summed E-state index contributed by atoms with van der Waals surface area (Å²) in [6.45, 7) is 1.67. The molecule has 3 atom stereocenters. The van der Waals surface area contributed by atoms with Crippen molar-refractivity contribution in [2.24, 2.45) is 0 Å². The average Bonchev–Trinajstić information content (AvgIpc) is 3.31. The standard InChI is InChI=1S/C28H34N2O8/c1-21-14-29(27(33)30(26(21)32)19-35-16-22-9-5-3-6-10-22)25-13-28(18-36-20-34-2,24(15-31)38-25)37-17-23-11-7-4-8-12-23/h3-12,14,24-25,31H,13,15-20H2,1-2H3. The molecule has 0 aliphatic carbocycles. The van der Waals surface area contributed by atoms with E-state index in [1.54, 1.807) is 6.92 Å². The highest BCUT2D eigenvalue weighted by Crippen LogP contribution is 2.40. The molecule has 10 heteroatoms. The summed E-state index contributed by atoms with van der Waals surface area (Å²) < 4.78 is 31.3. The summed E-state index contributed by atoms with van der Waals surface area (Å²) in [5.74, 6) is 0. The van der Waals surface area contributed by atoms with Crippen molar-refractivity contribution in [1.82, 2.24) is 9.13 Å². The SMILES string of the molecule is COCOCC1(OCc2ccccc2)CC(n2cc(C)c(=O)n(COCc3ccccc3)c2=O)OC1CO. The Morgan fingerprint density at radius 1 is 1.00 bits per heavy atom. The Bertz CT molecular complexity index is 1280. The number of methoxy groups -OCH3 is 1. The third-order valence-corrected chi connectivity index (χ3v) is 6.52. The zero-order valence-electron chi connectivity index (χ0n) is 21.7. The minimum atomic E-state index is -1.06. The lowest BCUT2D eigenvalue weighted by Crippen LogP contribution is -2.47. The Hall–Kier alpha value is -3.12. The van der Waals surface area contributed by atoms with Crippen molar-refractivity contribution in [3.63, 3.8) is 0 Å². The van der Waals surface area contributed by atoms with Gasteiger partial charge in [0, 0.05) is 25.3 Å². The first-order valence-electron chi connectivity index (χ1n) is 12.4. The molecule has 0 radical (unpaired) electrons. The number of hydrogen-bond donors (Lipinski definition) is 1. The van der Waals surface area contributed by atoms with E-state index < -0.39 is 29.2 Å². The zero-order chi connectivity index (χ0) is 27.0. The van der Waals surface area contributed by atoms with Crippen molar-refractivity contribution in [2.75, 3.05) is 27.1 Å². The molecule has 1 saturated heterocycles. The molecule has 0 saturated carbocycles. The minimum absolute atomic E-state index is 0.0297. The van der Waals surface area contributed by atoms with Gasteiger partial charge in [0.25, 0.3) is 5.56 Å². The molecule has 10 nitrogen and oxygen atoms in total. The lowest BCUT2D eigenvalue weighted by atomic mass is 9.95. The van der Waals surface area contributed by atoms with Crippen LogP contribution in [0.15, 0.2) is 76.4 Å². The summed E-state index contributed by atoms with van der Waals surface area (Å²) in [6, 6.07) is 19.1. The maximum atomic E-state index is 13.4. The summed E-state index contributed by atoms with van der Waals surface area (Å²) in [4.78, 5) is 26.2. The lowest BCUT2D eigenvalue weighted by Gasteiger charge is -2.32. The first-order valence-corrected chi connectivity index (χ1v) is 12.4. The van der Waals surface area contributed by atoms with Crippen LogP contribution in [0.1, 0.15) is 29.3 Å². The van der Waals surface area contributed by atoms with E-state index >= 15 is 0 Å². The highest BCUT2D eigenvalue weighted by atomic mass is 16.7. The van der Waals surface area contributed by atoms with Crippen LogP contribution in [0.3, 0.4) is 0 Å². The molecule has 1 fully saturated rings. The van der Waals surface area contributed by atoms with Crippen LogP contribution in [0.5, 0.6) is 0 Å². The van der Waals surface area contributed by atoms with Gasteiger partial charge in [-0.25, -0.2) is 9.36 Å². The van der Waals surface area contributed by atoms with Gasteiger partial charge in [0.1, 0.15) is 31.5 Å². The number of aliphatic hydroxyl groups excluding tert-OH is 1. The van der Waals surface area contributed by atoms with Gasteiger partial charge in [0.15, 0.2) is 0 Å². The maximum Gasteiger partial charge on any atom is 0.335 e. The molecule has 0 spiro atoms. The second-order valence-corrected chi connectivity index (χ2v) is 9.26. The van der Waals surface area contributed by atoms with Gasteiger partial charge < -0.3 is 28.8 Å². The Morgan fingerprint density at radius 3 is 2.29 bits per heavy atom. The number of rotatable bonds is 13. The van der Waals surface area contributed by atoms with Gasteiger partial charge in [0.2, 0.25) is 0 Å². The van der Waals surface area contributed by atoms with E-state index in [2.05, 4.69) is 0 Å². The third kappa shape index (κ3) is 6.47. The lowest BCUT2D eigenvalue weighted by molar-refractivity contribution is -0.169. The smallest absolute Gasteiger partial charge is 0.335 e. The van der Waals surface area contributed by atoms with Crippen LogP contribution in [-0.2, 0) is 43.6 Å². The predicted molar refractivity (Wildman–Crippen MR) is 138 cm³/mol. The highest BCUT2D eigenvalue weighted by Gasteiger charge is 2.51. The fourth-order valence-electron chi connectivity index (χ4n) is 4.51. The van der Waals surface area contributed by atoms with Crippen LogP contribution in [0.25, 0.3) is 0 Å². The summed E-state index contributed by atoms with van der Waals surface area (Å²) in [5.41, 5.74) is 0.144. The summed E-state index contributed by atoms with van der Waals surface area (Å²) in [5, 5.41) is 10.2. The van der Waals surface area contributed by atoms with Gasteiger partial charge in [-0.05, 0) is 18.1 Å². The fraction of sp³-hybridized carbons (Fsp3) is 0.429. The number of aromatic nitrogens is 2. The number of ether oxygens (including phenoxy) is 5. The minimum Gasteiger partial charge on any atom is -0.394 e. The molecule has 0 amide bonds. The van der Waals surface area contributed by atoms with E-state index in [1.807, 2.05) is 60.7 Å². The van der Waals surface area contributed by atoms with E-state index in [0.717, 1.165) is 15.7 Å². The highest BCUT2D eigenvalue weighted by molar-refractivity contribution is 5.15. The number of nitrogens with zero attached hydrogens (tertiary/aromatic N) is 2. The van der Waals surface area contributed by atoms with Gasteiger partial charge in [-0.15, -0.1) is 0 Å². The van der Waals surface area contributed by atoms with Gasteiger partial charge in [-0.2, -0.15) is 0 Å². The van der Waals surface area contributed by atoms with E-state index in [-0.39, 0.29) is 46.4 Å². The molecule has 3 aromatic rings. The molecule has 38 heavy (non-hydrogen) atoms. The van der Waals surface area contributed by atoms with E-state index in [1.165, 1.54) is 17.9 Å². The molecule has 204 valence electrons. The van der Waals surface area contributed by atoms with Gasteiger partial charge in [-0.1, -0.05) is 60.7 Å².